The first-order valence-electron chi connectivity index (χ1n) is 4.37. The van der Waals surface area contributed by atoms with Crippen LogP contribution in [0, 0.1) is 0 Å². The van der Waals surface area contributed by atoms with Crippen LogP contribution in [0.1, 0.15) is 29.3 Å². The summed E-state index contributed by atoms with van der Waals surface area (Å²) in [6.07, 6.45) is -0.845. The third-order valence-corrected chi connectivity index (χ3v) is 2.22. The van der Waals surface area contributed by atoms with Crippen molar-refractivity contribution >= 4 is 24.4 Å². The summed E-state index contributed by atoms with van der Waals surface area (Å²) < 4.78 is 1.26. The summed E-state index contributed by atoms with van der Waals surface area (Å²) in [7, 11) is 0. The Labute approximate surface area is 95.2 Å². The van der Waals surface area contributed by atoms with E-state index in [1.165, 1.54) is 17.5 Å². The fourth-order valence-electron chi connectivity index (χ4n) is 1.16. The molecule has 7 nitrogen and oxygen atoms in total. The van der Waals surface area contributed by atoms with E-state index in [0.29, 0.717) is 5.03 Å². The van der Waals surface area contributed by atoms with Crippen LogP contribution >= 0.6 is 12.6 Å². The van der Waals surface area contributed by atoms with E-state index in [2.05, 4.69) is 27.7 Å². The molecule has 0 aromatic carbocycles. The minimum atomic E-state index is -1.17. The highest BCUT2D eigenvalue weighted by Crippen LogP contribution is 2.13. The lowest BCUT2D eigenvalue weighted by atomic mass is 10.4. The molecule has 1 unspecified atom stereocenters. The number of aromatic carboxylic acids is 1. The molecule has 2 heterocycles. The largest absolute Gasteiger partial charge is 0.477 e. The van der Waals surface area contributed by atoms with Gasteiger partial charge in [0.05, 0.1) is 0 Å². The quantitative estimate of drug-likeness (QED) is 0.511. The molecule has 0 radical (unpaired) electrons. The minimum absolute atomic E-state index is 0.0980. The minimum Gasteiger partial charge on any atom is -0.477 e. The Bertz CT molecular complexity index is 566. The van der Waals surface area contributed by atoms with Gasteiger partial charge in [0.15, 0.2) is 11.5 Å². The van der Waals surface area contributed by atoms with Crippen LogP contribution in [-0.4, -0.2) is 35.8 Å². The van der Waals surface area contributed by atoms with Crippen molar-refractivity contribution in [1.29, 1.82) is 0 Å². The Morgan fingerprint density at radius 1 is 1.56 bits per heavy atom. The SMILES string of the molecule is CC(O)c1nc2nc(C(=O)O)cc(S)n2n1. The first kappa shape index (κ1) is 10.8. The van der Waals surface area contributed by atoms with Crippen LogP contribution in [-0.2, 0) is 0 Å². The number of aliphatic hydroxyl groups is 1. The highest BCUT2D eigenvalue weighted by molar-refractivity contribution is 7.80. The molecule has 1 atom stereocenters. The molecule has 8 heteroatoms. The van der Waals surface area contributed by atoms with Crippen LogP contribution in [0.3, 0.4) is 0 Å². The first-order valence-corrected chi connectivity index (χ1v) is 4.82. The van der Waals surface area contributed by atoms with Crippen LogP contribution in [0.5, 0.6) is 0 Å². The zero-order chi connectivity index (χ0) is 11.9. The van der Waals surface area contributed by atoms with Crippen LogP contribution in [0.2, 0.25) is 0 Å². The summed E-state index contributed by atoms with van der Waals surface area (Å²) in [4.78, 5) is 18.4. The number of rotatable bonds is 2. The molecule has 0 bridgehead atoms. The van der Waals surface area contributed by atoms with E-state index >= 15 is 0 Å². The molecular formula is C8H8N4O3S. The zero-order valence-corrected chi connectivity index (χ0v) is 9.09. The zero-order valence-electron chi connectivity index (χ0n) is 8.19. The average molecular weight is 240 g/mol. The molecular weight excluding hydrogens is 232 g/mol. The predicted octanol–water partition coefficient (Wildman–Crippen LogP) is 0.165. The van der Waals surface area contributed by atoms with E-state index < -0.39 is 12.1 Å². The Balaban J connectivity index is 2.68. The maximum atomic E-state index is 10.7. The molecule has 0 aliphatic carbocycles. The van der Waals surface area contributed by atoms with Crippen molar-refractivity contribution in [2.24, 2.45) is 0 Å². The van der Waals surface area contributed by atoms with Gasteiger partial charge in [-0.1, -0.05) is 0 Å². The second-order valence-corrected chi connectivity index (χ2v) is 3.62. The van der Waals surface area contributed by atoms with Crippen molar-refractivity contribution in [3.63, 3.8) is 0 Å². The number of hydrogen-bond donors (Lipinski definition) is 3. The van der Waals surface area contributed by atoms with E-state index in [0.717, 1.165) is 0 Å². The highest BCUT2D eigenvalue weighted by Gasteiger charge is 2.14. The lowest BCUT2D eigenvalue weighted by Crippen LogP contribution is -2.04. The summed E-state index contributed by atoms with van der Waals surface area (Å²) in [6.45, 7) is 1.51. The van der Waals surface area contributed by atoms with Gasteiger partial charge in [-0.05, 0) is 6.92 Å². The van der Waals surface area contributed by atoms with Gasteiger partial charge in [-0.25, -0.2) is 9.78 Å². The number of carbonyl (C=O) groups is 1. The molecule has 84 valence electrons. The van der Waals surface area contributed by atoms with Gasteiger partial charge in [-0.15, -0.1) is 17.7 Å². The molecule has 0 fully saturated rings. The molecule has 0 saturated carbocycles. The molecule has 0 spiro atoms. The number of aromatic nitrogens is 4. The second-order valence-electron chi connectivity index (χ2n) is 3.16. The fourth-order valence-corrected chi connectivity index (χ4v) is 1.41. The van der Waals surface area contributed by atoms with Crippen LogP contribution in [0.4, 0.5) is 0 Å². The number of thiol groups is 1. The van der Waals surface area contributed by atoms with E-state index in [1.54, 1.807) is 0 Å². The number of nitrogens with zero attached hydrogens (tertiary/aromatic N) is 4. The van der Waals surface area contributed by atoms with Gasteiger partial charge >= 0.3 is 5.97 Å². The molecule has 0 saturated heterocycles. The molecule has 2 rings (SSSR count). The molecule has 0 amide bonds. The normalized spacial score (nSPS) is 12.9. The highest BCUT2D eigenvalue weighted by atomic mass is 32.1. The maximum absolute atomic E-state index is 10.7. The second kappa shape index (κ2) is 3.72. The van der Waals surface area contributed by atoms with E-state index in [1.807, 2.05) is 0 Å². The van der Waals surface area contributed by atoms with Crippen LogP contribution in [0.25, 0.3) is 5.78 Å². The van der Waals surface area contributed by atoms with Gasteiger partial charge < -0.3 is 10.2 Å². The average Bonchev–Trinajstić information content (AvgIpc) is 2.61. The van der Waals surface area contributed by atoms with E-state index in [-0.39, 0.29) is 17.3 Å². The van der Waals surface area contributed by atoms with E-state index in [4.69, 9.17) is 5.11 Å². The number of carboxylic acids is 1. The lowest BCUT2D eigenvalue weighted by Gasteiger charge is -1.97. The molecule has 0 aliphatic heterocycles. The number of fused-ring (bicyclic) bond motifs is 1. The summed E-state index contributed by atoms with van der Waals surface area (Å²) in [5, 5.41) is 22.3. The van der Waals surface area contributed by atoms with Crippen molar-refractivity contribution in [1.82, 2.24) is 19.6 Å². The molecule has 2 N–H and O–H groups in total. The Morgan fingerprint density at radius 2 is 2.25 bits per heavy atom. The molecule has 0 aliphatic rings. The van der Waals surface area contributed by atoms with Gasteiger partial charge in [0.25, 0.3) is 5.78 Å². The molecule has 2 aromatic heterocycles. The topological polar surface area (TPSA) is 101 Å². The van der Waals surface area contributed by atoms with Crippen molar-refractivity contribution < 1.29 is 15.0 Å². The summed E-state index contributed by atoms with van der Waals surface area (Å²) >= 11 is 4.07. The van der Waals surface area contributed by atoms with Crippen LogP contribution < -0.4 is 0 Å². The van der Waals surface area contributed by atoms with Crippen molar-refractivity contribution in [3.8, 4) is 0 Å². The third-order valence-electron chi connectivity index (χ3n) is 1.90. The van der Waals surface area contributed by atoms with Crippen molar-refractivity contribution in [3.05, 3.63) is 17.6 Å². The van der Waals surface area contributed by atoms with Crippen molar-refractivity contribution in [2.45, 2.75) is 18.1 Å². The Hall–Kier alpha value is -1.67. The monoisotopic (exact) mass is 240 g/mol. The van der Waals surface area contributed by atoms with Crippen molar-refractivity contribution in [2.75, 3.05) is 0 Å². The molecule has 2 aromatic rings. The fraction of sp³-hybridized carbons (Fsp3) is 0.250. The summed E-state index contributed by atoms with van der Waals surface area (Å²) in [6, 6.07) is 1.26. The Kier molecular flexibility index (Phi) is 2.52. The Morgan fingerprint density at radius 3 is 2.81 bits per heavy atom. The number of aliphatic hydroxyl groups excluding tert-OH is 1. The van der Waals surface area contributed by atoms with E-state index in [9.17, 15) is 9.90 Å². The lowest BCUT2D eigenvalue weighted by molar-refractivity contribution is 0.0690. The summed E-state index contributed by atoms with van der Waals surface area (Å²) in [5.74, 6) is -0.898. The van der Waals surface area contributed by atoms with Crippen LogP contribution in [0.15, 0.2) is 11.1 Å². The third kappa shape index (κ3) is 1.72. The van der Waals surface area contributed by atoms with Gasteiger partial charge in [-0.2, -0.15) is 9.50 Å². The summed E-state index contributed by atoms with van der Waals surface area (Å²) in [5.41, 5.74) is -0.165. The van der Waals surface area contributed by atoms with Gasteiger partial charge in [0.2, 0.25) is 0 Å². The first-order chi connectivity index (χ1) is 7.49. The number of carboxylic acid groups (broad SMARTS) is 1. The van der Waals surface area contributed by atoms with Gasteiger partial charge in [0, 0.05) is 6.07 Å². The number of hydrogen-bond acceptors (Lipinski definition) is 6. The van der Waals surface area contributed by atoms with Gasteiger partial charge in [-0.3, -0.25) is 0 Å². The predicted molar refractivity (Wildman–Crippen MR) is 55.6 cm³/mol. The van der Waals surface area contributed by atoms with Gasteiger partial charge in [0.1, 0.15) is 11.1 Å². The standard InChI is InChI=1S/C8H8N4O3S/c1-3(13)6-10-8-9-4(7(14)15)2-5(16)12(8)11-6/h2-3,13,16H,1H3,(H,14,15). The maximum Gasteiger partial charge on any atom is 0.354 e. The smallest absolute Gasteiger partial charge is 0.354 e. The molecule has 16 heavy (non-hydrogen) atoms.